The van der Waals surface area contributed by atoms with E-state index < -0.39 is 0 Å². The van der Waals surface area contributed by atoms with Crippen molar-refractivity contribution < 1.29 is 9.18 Å². The molecule has 0 aliphatic heterocycles. The Morgan fingerprint density at radius 2 is 2.19 bits per heavy atom. The van der Waals surface area contributed by atoms with Gasteiger partial charge in [0, 0.05) is 13.5 Å². The Hall–Kier alpha value is -1.64. The van der Waals surface area contributed by atoms with Gasteiger partial charge in [-0.1, -0.05) is 18.2 Å². The van der Waals surface area contributed by atoms with Crippen LogP contribution < -0.4 is 5.32 Å². The fraction of sp³-hybridized carbons (Fsp3) is 0.308. The molecule has 1 aromatic carbocycles. The molecule has 86 valence electrons. The van der Waals surface area contributed by atoms with Crippen LogP contribution in [0.4, 0.5) is 4.39 Å². The van der Waals surface area contributed by atoms with E-state index in [0.29, 0.717) is 6.54 Å². The van der Waals surface area contributed by atoms with Crippen LogP contribution in [0.1, 0.15) is 24.5 Å². The first kappa shape index (κ1) is 12.4. The summed E-state index contributed by atoms with van der Waals surface area (Å²) in [6.07, 6.45) is 4.52. The number of halogens is 1. The summed E-state index contributed by atoms with van der Waals surface area (Å²) in [6, 6.07) is 4.90. The van der Waals surface area contributed by atoms with Crippen molar-refractivity contribution in [2.45, 2.75) is 20.3 Å². The molecule has 0 aromatic heterocycles. The van der Waals surface area contributed by atoms with Crippen molar-refractivity contribution in [3.8, 4) is 0 Å². The molecule has 1 N–H and O–H groups in total. The van der Waals surface area contributed by atoms with Crippen LogP contribution in [0.5, 0.6) is 0 Å². The van der Waals surface area contributed by atoms with Crippen LogP contribution in [-0.4, -0.2) is 12.5 Å². The topological polar surface area (TPSA) is 29.1 Å². The molecule has 2 nitrogen and oxygen atoms in total. The molecule has 0 fully saturated rings. The molecule has 1 amide bonds. The summed E-state index contributed by atoms with van der Waals surface area (Å²) >= 11 is 0. The monoisotopic (exact) mass is 221 g/mol. The molecular formula is C13H16FNO. The maximum absolute atomic E-state index is 13.0. The summed E-state index contributed by atoms with van der Waals surface area (Å²) in [5, 5.41) is 2.69. The minimum atomic E-state index is -0.221. The van der Waals surface area contributed by atoms with Gasteiger partial charge in [0.2, 0.25) is 5.91 Å². The van der Waals surface area contributed by atoms with E-state index in [1.54, 1.807) is 0 Å². The fourth-order valence-corrected chi connectivity index (χ4v) is 1.41. The molecule has 1 aromatic rings. The highest BCUT2D eigenvalue weighted by Gasteiger charge is 1.94. The normalized spacial score (nSPS) is 10.7. The first-order valence-corrected chi connectivity index (χ1v) is 5.26. The third-order valence-corrected chi connectivity index (χ3v) is 2.06. The van der Waals surface area contributed by atoms with Gasteiger partial charge in [0.1, 0.15) is 5.82 Å². The van der Waals surface area contributed by atoms with Crippen LogP contribution in [-0.2, 0) is 4.79 Å². The molecule has 0 radical (unpaired) electrons. The number of nitrogens with one attached hydrogen (secondary N) is 1. The van der Waals surface area contributed by atoms with Crippen molar-refractivity contribution in [1.82, 2.24) is 5.32 Å². The third-order valence-electron chi connectivity index (χ3n) is 2.06. The number of carbonyl (C=O) groups excluding carboxylic acids is 1. The Morgan fingerprint density at radius 3 is 2.81 bits per heavy atom. The van der Waals surface area contributed by atoms with Crippen molar-refractivity contribution in [1.29, 1.82) is 0 Å². The van der Waals surface area contributed by atoms with E-state index in [0.717, 1.165) is 17.5 Å². The summed E-state index contributed by atoms with van der Waals surface area (Å²) < 4.78 is 13.0. The predicted molar refractivity (Wildman–Crippen MR) is 63.5 cm³/mol. The second kappa shape index (κ2) is 6.05. The quantitative estimate of drug-likeness (QED) is 0.778. The molecule has 0 saturated carbocycles. The van der Waals surface area contributed by atoms with Crippen molar-refractivity contribution >= 4 is 12.0 Å². The molecule has 0 aliphatic rings. The number of hydrogen-bond donors (Lipinski definition) is 1. The van der Waals surface area contributed by atoms with Crippen LogP contribution in [0.3, 0.4) is 0 Å². The van der Waals surface area contributed by atoms with E-state index in [9.17, 15) is 9.18 Å². The van der Waals surface area contributed by atoms with E-state index >= 15 is 0 Å². The van der Waals surface area contributed by atoms with E-state index in [1.165, 1.54) is 19.1 Å². The third kappa shape index (κ3) is 4.73. The average molecular weight is 221 g/mol. The van der Waals surface area contributed by atoms with Gasteiger partial charge >= 0.3 is 0 Å². The highest BCUT2D eigenvalue weighted by molar-refractivity contribution is 5.72. The molecular weight excluding hydrogens is 205 g/mol. The number of aryl methyl sites for hydroxylation is 1. The van der Waals surface area contributed by atoms with Gasteiger partial charge in [-0.25, -0.2) is 4.39 Å². The van der Waals surface area contributed by atoms with E-state index in [1.807, 2.05) is 25.1 Å². The van der Waals surface area contributed by atoms with Crippen LogP contribution in [0.15, 0.2) is 24.3 Å². The Bertz CT molecular complexity index is 379. The van der Waals surface area contributed by atoms with Gasteiger partial charge in [-0.2, -0.15) is 0 Å². The minimum Gasteiger partial charge on any atom is -0.356 e. The maximum atomic E-state index is 13.0. The number of hydrogen-bond acceptors (Lipinski definition) is 1. The lowest BCUT2D eigenvalue weighted by atomic mass is 10.1. The molecule has 3 heteroatoms. The van der Waals surface area contributed by atoms with Crippen molar-refractivity contribution in [3.63, 3.8) is 0 Å². The van der Waals surface area contributed by atoms with Gasteiger partial charge in [0.05, 0.1) is 0 Å². The van der Waals surface area contributed by atoms with Gasteiger partial charge in [0.25, 0.3) is 0 Å². The van der Waals surface area contributed by atoms with Crippen LogP contribution >= 0.6 is 0 Å². The Kier molecular flexibility index (Phi) is 4.70. The highest BCUT2D eigenvalue weighted by atomic mass is 19.1. The summed E-state index contributed by atoms with van der Waals surface area (Å²) in [6.45, 7) is 3.96. The first-order chi connectivity index (χ1) is 7.58. The summed E-state index contributed by atoms with van der Waals surface area (Å²) in [7, 11) is 0. The summed E-state index contributed by atoms with van der Waals surface area (Å²) in [5.41, 5.74) is 1.75. The first-order valence-electron chi connectivity index (χ1n) is 5.26. The second-order valence-electron chi connectivity index (χ2n) is 3.74. The zero-order valence-corrected chi connectivity index (χ0v) is 9.59. The molecule has 0 aliphatic carbocycles. The van der Waals surface area contributed by atoms with Crippen molar-refractivity contribution in [3.05, 3.63) is 41.2 Å². The summed E-state index contributed by atoms with van der Waals surface area (Å²) in [5.74, 6) is -0.253. The van der Waals surface area contributed by atoms with Gasteiger partial charge in [0.15, 0.2) is 0 Å². The van der Waals surface area contributed by atoms with Gasteiger partial charge in [-0.15, -0.1) is 0 Å². The van der Waals surface area contributed by atoms with Crippen LogP contribution in [0, 0.1) is 12.7 Å². The predicted octanol–water partition coefficient (Wildman–Crippen LogP) is 2.67. The van der Waals surface area contributed by atoms with E-state index in [2.05, 4.69) is 5.32 Å². The van der Waals surface area contributed by atoms with E-state index in [4.69, 9.17) is 0 Å². The molecule has 0 heterocycles. The molecule has 0 unspecified atom stereocenters. The molecule has 0 atom stereocenters. The SMILES string of the molecule is CC(=O)NCCC=Cc1cc(C)cc(F)c1. The number of carbonyl (C=O) groups is 1. The Balaban J connectivity index is 2.46. The number of rotatable bonds is 4. The van der Waals surface area contributed by atoms with Gasteiger partial charge in [-0.05, 0) is 36.6 Å². The second-order valence-corrected chi connectivity index (χ2v) is 3.74. The molecule has 0 bridgehead atoms. The standard InChI is InChI=1S/C13H16FNO/c1-10-7-12(9-13(14)8-10)5-3-4-6-15-11(2)16/h3,5,7-9H,4,6H2,1-2H3,(H,15,16). The van der Waals surface area contributed by atoms with Crippen molar-refractivity contribution in [2.24, 2.45) is 0 Å². The lowest BCUT2D eigenvalue weighted by molar-refractivity contribution is -0.118. The Labute approximate surface area is 95.2 Å². The largest absolute Gasteiger partial charge is 0.356 e. The highest BCUT2D eigenvalue weighted by Crippen LogP contribution is 2.09. The van der Waals surface area contributed by atoms with Crippen LogP contribution in [0.25, 0.3) is 6.08 Å². The lowest BCUT2D eigenvalue weighted by Gasteiger charge is -1.99. The molecule has 1 rings (SSSR count). The van der Waals surface area contributed by atoms with Gasteiger partial charge in [-0.3, -0.25) is 4.79 Å². The van der Waals surface area contributed by atoms with Crippen molar-refractivity contribution in [2.75, 3.05) is 6.54 Å². The fourth-order valence-electron chi connectivity index (χ4n) is 1.41. The zero-order valence-electron chi connectivity index (χ0n) is 9.59. The van der Waals surface area contributed by atoms with Gasteiger partial charge < -0.3 is 5.32 Å². The minimum absolute atomic E-state index is 0.0324. The van der Waals surface area contributed by atoms with E-state index in [-0.39, 0.29) is 11.7 Å². The summed E-state index contributed by atoms with van der Waals surface area (Å²) in [4.78, 5) is 10.6. The Morgan fingerprint density at radius 1 is 1.44 bits per heavy atom. The average Bonchev–Trinajstić information content (AvgIpc) is 2.15. The molecule has 0 spiro atoms. The zero-order chi connectivity index (χ0) is 12.0. The number of amides is 1. The molecule has 0 saturated heterocycles. The smallest absolute Gasteiger partial charge is 0.216 e. The molecule has 16 heavy (non-hydrogen) atoms. The maximum Gasteiger partial charge on any atom is 0.216 e. The van der Waals surface area contributed by atoms with Crippen LogP contribution in [0.2, 0.25) is 0 Å². The lowest BCUT2D eigenvalue weighted by Crippen LogP contribution is -2.20. The number of benzene rings is 1.